The number of hydrogen-bond acceptors (Lipinski definition) is 2. The van der Waals surface area contributed by atoms with Crippen LogP contribution >= 0.6 is 0 Å². The van der Waals surface area contributed by atoms with Gasteiger partial charge in [-0.2, -0.15) is 0 Å². The van der Waals surface area contributed by atoms with Crippen molar-refractivity contribution in [3.05, 3.63) is 166 Å². The average molecular weight is 861 g/mol. The van der Waals surface area contributed by atoms with E-state index in [9.17, 15) is 0 Å². The lowest BCUT2D eigenvalue weighted by molar-refractivity contribution is 0.163. The van der Waals surface area contributed by atoms with Crippen LogP contribution in [0, 0.1) is 23.7 Å². The molecule has 7 aromatic rings. The lowest BCUT2D eigenvalue weighted by atomic mass is 9.50. The zero-order chi connectivity index (χ0) is 43.0. The van der Waals surface area contributed by atoms with Crippen molar-refractivity contribution < 1.29 is 0 Å². The Balaban J connectivity index is 1.05. The van der Waals surface area contributed by atoms with E-state index in [2.05, 4.69) is 131 Å². The van der Waals surface area contributed by atoms with E-state index in [1.165, 1.54) is 145 Å². The van der Waals surface area contributed by atoms with Gasteiger partial charge in [-0.25, -0.2) is 0 Å². The Morgan fingerprint density at radius 1 is 0.303 bits per heavy atom. The maximum absolute atomic E-state index is 2.71. The summed E-state index contributed by atoms with van der Waals surface area (Å²) in [6.07, 6.45) is 18.8. The highest BCUT2D eigenvalue weighted by Gasteiger charge is 2.52. The van der Waals surface area contributed by atoms with Crippen LogP contribution in [0.25, 0.3) is 43.8 Å². The predicted molar refractivity (Wildman–Crippen MR) is 276 cm³/mol. The molecule has 0 radical (unpaired) electrons. The van der Waals surface area contributed by atoms with E-state index in [0.29, 0.717) is 23.7 Å². The van der Waals surface area contributed by atoms with Crippen molar-refractivity contribution in [3.63, 3.8) is 0 Å². The molecule has 4 fully saturated rings. The molecule has 2 heteroatoms. The maximum Gasteiger partial charge on any atom is 0.0372 e. The highest BCUT2D eigenvalue weighted by Crippen LogP contribution is 2.66. The lowest BCUT2D eigenvalue weighted by Crippen LogP contribution is -2.41. The summed E-state index contributed by atoms with van der Waals surface area (Å²) in [6.45, 7) is 4.62. The van der Waals surface area contributed by atoms with Gasteiger partial charge in [-0.15, -0.1) is 0 Å². The minimum absolute atomic E-state index is 0.450. The number of nitrogens with zero attached hydrogens (tertiary/aromatic N) is 2. The molecular weight excluding hydrogens is 797 g/mol. The first kappa shape index (κ1) is 38.7. The van der Waals surface area contributed by atoms with Crippen LogP contribution in [0.3, 0.4) is 0 Å². The molecule has 7 aromatic carbocycles. The first-order valence-electron chi connectivity index (χ1n) is 26.8. The summed E-state index contributed by atoms with van der Waals surface area (Å²) in [7, 11) is 0. The summed E-state index contributed by atoms with van der Waals surface area (Å²) in [5.74, 6) is 4.84. The van der Waals surface area contributed by atoms with E-state index in [-0.39, 0.29) is 0 Å². The van der Waals surface area contributed by atoms with Crippen molar-refractivity contribution in [3.8, 4) is 22.3 Å². The number of piperidine rings is 2. The van der Waals surface area contributed by atoms with E-state index in [4.69, 9.17) is 0 Å². The van der Waals surface area contributed by atoms with Crippen molar-refractivity contribution in [1.29, 1.82) is 0 Å². The topological polar surface area (TPSA) is 6.48 Å². The van der Waals surface area contributed by atoms with Gasteiger partial charge in [0, 0.05) is 61.2 Å². The molecule has 8 unspecified atom stereocenters. The van der Waals surface area contributed by atoms with Crippen molar-refractivity contribution in [2.45, 2.75) is 114 Å². The van der Waals surface area contributed by atoms with Crippen LogP contribution in [0.15, 0.2) is 121 Å². The van der Waals surface area contributed by atoms with Crippen molar-refractivity contribution >= 4 is 32.9 Å². The molecule has 2 heterocycles. The third-order valence-corrected chi connectivity index (χ3v) is 19.4. The first-order chi connectivity index (χ1) is 32.8. The number of hydrogen-bond donors (Lipinski definition) is 0. The first-order valence-corrected chi connectivity index (χ1v) is 26.8. The van der Waals surface area contributed by atoms with E-state index in [0.717, 1.165) is 49.9 Å². The quantitative estimate of drug-likeness (QED) is 0.163. The van der Waals surface area contributed by atoms with Gasteiger partial charge in [0.1, 0.15) is 0 Å². The number of fused-ring (bicyclic) bond motifs is 2. The summed E-state index contributed by atoms with van der Waals surface area (Å²) in [6, 6.07) is 50.2. The highest BCUT2D eigenvalue weighted by molar-refractivity contribution is 6.23. The van der Waals surface area contributed by atoms with Crippen molar-refractivity contribution in [1.82, 2.24) is 0 Å². The minimum atomic E-state index is 0.450. The van der Waals surface area contributed by atoms with Crippen LogP contribution in [0.4, 0.5) is 11.4 Å². The van der Waals surface area contributed by atoms with Gasteiger partial charge in [-0.1, -0.05) is 123 Å². The van der Waals surface area contributed by atoms with Crippen LogP contribution in [-0.4, -0.2) is 26.2 Å². The fraction of sp³-hybridized carbons (Fsp3) is 0.406. The van der Waals surface area contributed by atoms with Crippen LogP contribution in [0.5, 0.6) is 0 Å². The molecule has 2 aliphatic heterocycles. The van der Waals surface area contributed by atoms with Gasteiger partial charge in [0.05, 0.1) is 0 Å². The summed E-state index contributed by atoms with van der Waals surface area (Å²) >= 11 is 0. The van der Waals surface area contributed by atoms with E-state index in [1.54, 1.807) is 44.5 Å². The van der Waals surface area contributed by atoms with Gasteiger partial charge in [-0.05, 0) is 200 Å². The maximum atomic E-state index is 2.71. The molecular formula is C64H64N2. The van der Waals surface area contributed by atoms with Crippen LogP contribution in [0.2, 0.25) is 0 Å². The second-order valence-corrected chi connectivity index (χ2v) is 22.3. The Kier molecular flexibility index (Phi) is 8.85. The molecule has 0 amide bonds. The molecule has 8 atom stereocenters. The summed E-state index contributed by atoms with van der Waals surface area (Å²) in [5, 5.41) is 5.83. The van der Waals surface area contributed by atoms with E-state index >= 15 is 0 Å². The Bertz CT molecular complexity index is 2880. The van der Waals surface area contributed by atoms with Gasteiger partial charge < -0.3 is 9.80 Å². The molecule has 8 aliphatic carbocycles. The Labute approximate surface area is 392 Å². The van der Waals surface area contributed by atoms with Gasteiger partial charge in [0.2, 0.25) is 0 Å². The number of rotatable bonds is 4. The lowest BCUT2D eigenvalue weighted by Gasteiger charge is -2.53. The second-order valence-electron chi connectivity index (χ2n) is 22.3. The molecule has 0 N–H and O–H groups in total. The zero-order valence-corrected chi connectivity index (χ0v) is 38.8. The normalized spacial score (nSPS) is 28.1. The molecule has 4 bridgehead atoms. The van der Waals surface area contributed by atoms with Crippen molar-refractivity contribution in [2.24, 2.45) is 23.7 Å². The van der Waals surface area contributed by atoms with Gasteiger partial charge >= 0.3 is 0 Å². The fourth-order valence-corrected chi connectivity index (χ4v) is 17.0. The predicted octanol–water partition coefficient (Wildman–Crippen LogP) is 16.1. The van der Waals surface area contributed by atoms with Crippen LogP contribution < -0.4 is 9.80 Å². The Morgan fingerprint density at radius 2 is 0.667 bits per heavy atom. The zero-order valence-electron chi connectivity index (χ0n) is 38.8. The molecule has 330 valence electrons. The molecule has 2 saturated heterocycles. The smallest absolute Gasteiger partial charge is 0.0372 e. The minimum Gasteiger partial charge on any atom is -0.372 e. The van der Waals surface area contributed by atoms with E-state index < -0.39 is 0 Å². The van der Waals surface area contributed by atoms with Crippen LogP contribution in [0.1, 0.15) is 158 Å². The summed E-state index contributed by atoms with van der Waals surface area (Å²) in [5.41, 5.74) is 21.9. The van der Waals surface area contributed by atoms with Gasteiger partial charge in [0.15, 0.2) is 0 Å². The SMILES string of the molecule is c1ccc2c(c1)C1c3cccc(-c4c5ccc(N6CCCCC6)cc5c(-c5cccc6c5C5c7ccccc7C6C6CCCCC56)c5ccc(N6CCCCC6)cc45)c3C2C2CCCCC12. The molecule has 0 spiro atoms. The molecule has 66 heavy (non-hydrogen) atoms. The fourth-order valence-electron chi connectivity index (χ4n) is 17.0. The monoisotopic (exact) mass is 861 g/mol. The number of benzene rings is 7. The summed E-state index contributed by atoms with van der Waals surface area (Å²) in [4.78, 5) is 5.43. The second kappa shape index (κ2) is 15.1. The third kappa shape index (κ3) is 5.48. The third-order valence-electron chi connectivity index (χ3n) is 19.4. The molecule has 2 nitrogen and oxygen atoms in total. The summed E-state index contributed by atoms with van der Waals surface area (Å²) < 4.78 is 0. The largest absolute Gasteiger partial charge is 0.372 e. The van der Waals surface area contributed by atoms with Crippen molar-refractivity contribution in [2.75, 3.05) is 36.0 Å². The highest BCUT2D eigenvalue weighted by atomic mass is 15.1. The van der Waals surface area contributed by atoms with Gasteiger partial charge in [-0.3, -0.25) is 0 Å². The Morgan fingerprint density at radius 3 is 1.08 bits per heavy atom. The van der Waals surface area contributed by atoms with Gasteiger partial charge in [0.25, 0.3) is 0 Å². The number of anilines is 2. The standard InChI is InChI=1S/C64H64N2/c1-11-33-65(34-12-1)39-29-31-49-55(37-39)59(53-27-15-25-51-57-41-17-3-7-21-45(41)61(63(51)53)46-22-8-4-18-42(46)57)50-32-30-40(66-35-13-2-14-36-66)38-56(50)60(49)54-28-16-26-52-58-43-19-5-9-23-47(43)62(64(52)54)48-24-10-6-20-44(48)58/h3,5,7,9,15-17,19,21,23,25-32,37-38,42,44,46,48,57-58,61-62H,1-2,4,6,8,10-14,18,20,22,24,33-36H2. The Hall–Kier alpha value is -5.34. The molecule has 17 rings (SSSR count). The molecule has 0 aromatic heterocycles. The molecule has 2 saturated carbocycles. The van der Waals surface area contributed by atoms with Crippen LogP contribution in [-0.2, 0) is 0 Å². The average Bonchev–Trinajstić information content (AvgIpc) is 3.40. The molecule has 10 aliphatic rings. The van der Waals surface area contributed by atoms with E-state index in [1.807, 2.05) is 0 Å².